The van der Waals surface area contributed by atoms with Crippen molar-refractivity contribution in [2.24, 2.45) is 5.92 Å². The Bertz CT molecular complexity index is 759. The van der Waals surface area contributed by atoms with E-state index >= 15 is 0 Å². The van der Waals surface area contributed by atoms with E-state index < -0.39 is 0 Å². The second-order valence-electron chi connectivity index (χ2n) is 6.88. The van der Waals surface area contributed by atoms with Crippen LogP contribution < -0.4 is 10.1 Å². The van der Waals surface area contributed by atoms with Crippen molar-refractivity contribution in [3.63, 3.8) is 0 Å². The van der Waals surface area contributed by atoms with Crippen LogP contribution in [0.4, 0.5) is 5.69 Å². The molecule has 1 saturated heterocycles. The van der Waals surface area contributed by atoms with Crippen molar-refractivity contribution < 1.29 is 14.3 Å². The number of anilines is 1. The van der Waals surface area contributed by atoms with Crippen LogP contribution >= 0.6 is 0 Å². The lowest BCUT2D eigenvalue weighted by Crippen LogP contribution is -2.29. The molecule has 2 aromatic carbocycles. The quantitative estimate of drug-likeness (QED) is 0.772. The van der Waals surface area contributed by atoms with Gasteiger partial charge in [-0.1, -0.05) is 43.7 Å². The van der Waals surface area contributed by atoms with Crippen molar-refractivity contribution in [2.45, 2.75) is 32.8 Å². The predicted octanol–water partition coefficient (Wildman–Crippen LogP) is 3.85. The first kappa shape index (κ1) is 19.0. The van der Waals surface area contributed by atoms with Crippen molar-refractivity contribution in [2.75, 3.05) is 18.4 Å². The van der Waals surface area contributed by atoms with Crippen molar-refractivity contribution in [3.05, 3.63) is 60.2 Å². The number of carbonyl (C=O) groups is 2. The number of rotatable bonds is 8. The topological polar surface area (TPSA) is 58.6 Å². The summed E-state index contributed by atoms with van der Waals surface area (Å²) < 4.78 is 5.75. The van der Waals surface area contributed by atoms with Gasteiger partial charge in [0.1, 0.15) is 12.4 Å². The zero-order chi connectivity index (χ0) is 19.1. The van der Waals surface area contributed by atoms with Crippen LogP contribution in [0.25, 0.3) is 0 Å². The molecular formula is C22H26N2O3. The number of nitrogens with zero attached hydrogens (tertiary/aromatic N) is 1. The standard InChI is InChI=1S/C22H26N2O3/c1-2-3-13-24-15-18(14-21(24)25)22(26)23-19-9-11-20(12-10-19)27-16-17-7-5-4-6-8-17/h4-12,18H,2-3,13-16H2,1H3,(H,23,26)/t18-/m0/s1. The summed E-state index contributed by atoms with van der Waals surface area (Å²) in [5.41, 5.74) is 1.82. The summed E-state index contributed by atoms with van der Waals surface area (Å²) >= 11 is 0. The number of hydrogen-bond donors (Lipinski definition) is 1. The Morgan fingerprint density at radius 1 is 1.15 bits per heavy atom. The van der Waals surface area contributed by atoms with Crippen LogP contribution in [-0.4, -0.2) is 29.8 Å². The third kappa shape index (κ3) is 5.33. The first-order valence-electron chi connectivity index (χ1n) is 9.51. The fourth-order valence-corrected chi connectivity index (χ4v) is 3.13. The minimum Gasteiger partial charge on any atom is -0.489 e. The third-order valence-electron chi connectivity index (χ3n) is 4.74. The SMILES string of the molecule is CCCCN1C[C@@H](C(=O)Nc2ccc(OCc3ccccc3)cc2)CC1=O. The molecule has 2 amide bonds. The average molecular weight is 366 g/mol. The monoisotopic (exact) mass is 366 g/mol. The molecule has 3 rings (SSSR count). The van der Waals surface area contributed by atoms with Crippen LogP contribution in [0.3, 0.4) is 0 Å². The summed E-state index contributed by atoms with van der Waals surface area (Å²) in [5, 5.41) is 2.91. The van der Waals surface area contributed by atoms with E-state index in [0.717, 1.165) is 30.7 Å². The van der Waals surface area contributed by atoms with E-state index in [9.17, 15) is 9.59 Å². The van der Waals surface area contributed by atoms with Gasteiger partial charge < -0.3 is 15.0 Å². The van der Waals surface area contributed by atoms with Crippen LogP contribution in [0.1, 0.15) is 31.7 Å². The first-order chi connectivity index (χ1) is 13.2. The Balaban J connectivity index is 1.49. The molecule has 5 heteroatoms. The van der Waals surface area contributed by atoms with Gasteiger partial charge in [-0.15, -0.1) is 0 Å². The highest BCUT2D eigenvalue weighted by molar-refractivity contribution is 5.97. The molecule has 27 heavy (non-hydrogen) atoms. The molecule has 1 atom stereocenters. The minimum atomic E-state index is -0.275. The second kappa shape index (κ2) is 9.21. The number of benzene rings is 2. The highest BCUT2D eigenvalue weighted by atomic mass is 16.5. The zero-order valence-electron chi connectivity index (χ0n) is 15.7. The molecule has 142 valence electrons. The van der Waals surface area contributed by atoms with Gasteiger partial charge >= 0.3 is 0 Å². The van der Waals surface area contributed by atoms with Gasteiger partial charge in [-0.3, -0.25) is 9.59 Å². The molecule has 1 heterocycles. The van der Waals surface area contributed by atoms with Gasteiger partial charge in [-0.25, -0.2) is 0 Å². The molecule has 1 N–H and O–H groups in total. The molecular weight excluding hydrogens is 340 g/mol. The normalized spacial score (nSPS) is 16.4. The van der Waals surface area contributed by atoms with Gasteiger partial charge in [-0.2, -0.15) is 0 Å². The van der Waals surface area contributed by atoms with Gasteiger partial charge in [0.15, 0.2) is 0 Å². The fraction of sp³-hybridized carbons (Fsp3) is 0.364. The van der Waals surface area contributed by atoms with Gasteiger partial charge in [0, 0.05) is 25.2 Å². The second-order valence-corrected chi connectivity index (χ2v) is 6.88. The Hall–Kier alpha value is -2.82. The maximum absolute atomic E-state index is 12.5. The summed E-state index contributed by atoms with van der Waals surface area (Å²) in [6, 6.07) is 17.3. The number of ether oxygens (including phenoxy) is 1. The zero-order valence-corrected chi connectivity index (χ0v) is 15.7. The van der Waals surface area contributed by atoms with Crippen molar-refractivity contribution in [3.8, 4) is 5.75 Å². The Morgan fingerprint density at radius 3 is 2.59 bits per heavy atom. The van der Waals surface area contributed by atoms with Crippen LogP contribution in [0, 0.1) is 5.92 Å². The van der Waals surface area contributed by atoms with Crippen LogP contribution in [0.15, 0.2) is 54.6 Å². The van der Waals surface area contributed by atoms with Gasteiger partial charge in [0.2, 0.25) is 11.8 Å². The smallest absolute Gasteiger partial charge is 0.229 e. The van der Waals surface area contributed by atoms with Crippen LogP contribution in [-0.2, 0) is 16.2 Å². The summed E-state index contributed by atoms with van der Waals surface area (Å²) in [6.07, 6.45) is 2.32. The molecule has 0 aromatic heterocycles. The Morgan fingerprint density at radius 2 is 1.89 bits per heavy atom. The fourth-order valence-electron chi connectivity index (χ4n) is 3.13. The highest BCUT2D eigenvalue weighted by Gasteiger charge is 2.33. The summed E-state index contributed by atoms with van der Waals surface area (Å²) in [5.74, 6) is 0.454. The molecule has 0 bridgehead atoms. The number of unbranched alkanes of at least 4 members (excludes halogenated alkanes) is 1. The van der Waals surface area contributed by atoms with Crippen LogP contribution in [0.5, 0.6) is 5.75 Å². The van der Waals surface area contributed by atoms with Gasteiger partial charge in [0.05, 0.1) is 5.92 Å². The Labute approximate surface area is 160 Å². The number of nitrogens with one attached hydrogen (secondary N) is 1. The molecule has 5 nitrogen and oxygen atoms in total. The lowest BCUT2D eigenvalue weighted by Gasteiger charge is -2.16. The van der Waals surface area contributed by atoms with E-state index in [2.05, 4.69) is 12.2 Å². The van der Waals surface area contributed by atoms with E-state index in [1.54, 1.807) is 4.90 Å². The maximum Gasteiger partial charge on any atom is 0.229 e. The molecule has 0 unspecified atom stereocenters. The average Bonchev–Trinajstić information content (AvgIpc) is 3.07. The molecule has 1 aliphatic heterocycles. The number of hydrogen-bond acceptors (Lipinski definition) is 3. The highest BCUT2D eigenvalue weighted by Crippen LogP contribution is 2.22. The van der Waals surface area contributed by atoms with Crippen LogP contribution in [0.2, 0.25) is 0 Å². The molecule has 0 saturated carbocycles. The number of amides is 2. The summed E-state index contributed by atoms with van der Waals surface area (Å²) in [7, 11) is 0. The lowest BCUT2D eigenvalue weighted by molar-refractivity contribution is -0.128. The van der Waals surface area contributed by atoms with E-state index in [-0.39, 0.29) is 17.7 Å². The number of likely N-dealkylation sites (tertiary alicyclic amines) is 1. The molecule has 2 aromatic rings. The van der Waals surface area contributed by atoms with Gasteiger partial charge in [-0.05, 0) is 36.2 Å². The van der Waals surface area contributed by atoms with E-state index in [1.807, 2.05) is 54.6 Å². The molecule has 1 fully saturated rings. The number of carbonyl (C=O) groups excluding carboxylic acids is 2. The predicted molar refractivity (Wildman–Crippen MR) is 105 cm³/mol. The summed E-state index contributed by atoms with van der Waals surface area (Å²) in [6.45, 7) is 3.86. The van der Waals surface area contributed by atoms with E-state index in [1.165, 1.54) is 0 Å². The molecule has 0 spiro atoms. The van der Waals surface area contributed by atoms with Gasteiger partial charge in [0.25, 0.3) is 0 Å². The van der Waals surface area contributed by atoms with E-state index in [0.29, 0.717) is 25.3 Å². The Kier molecular flexibility index (Phi) is 6.47. The lowest BCUT2D eigenvalue weighted by atomic mass is 10.1. The van der Waals surface area contributed by atoms with Crippen molar-refractivity contribution in [1.82, 2.24) is 4.90 Å². The molecule has 0 aliphatic carbocycles. The minimum absolute atomic E-state index is 0.0771. The molecule has 1 aliphatic rings. The maximum atomic E-state index is 12.5. The first-order valence-corrected chi connectivity index (χ1v) is 9.51. The third-order valence-corrected chi connectivity index (χ3v) is 4.74. The largest absolute Gasteiger partial charge is 0.489 e. The van der Waals surface area contributed by atoms with E-state index in [4.69, 9.17) is 4.74 Å². The summed E-state index contributed by atoms with van der Waals surface area (Å²) in [4.78, 5) is 26.3. The van der Waals surface area contributed by atoms with Crippen molar-refractivity contribution in [1.29, 1.82) is 0 Å². The van der Waals surface area contributed by atoms with Crippen molar-refractivity contribution >= 4 is 17.5 Å². The molecule has 0 radical (unpaired) electrons.